The molecule has 0 aliphatic rings. The molecule has 174 valence electrons. The summed E-state index contributed by atoms with van der Waals surface area (Å²) in [6.45, 7) is 10.1. The van der Waals surface area contributed by atoms with Crippen molar-refractivity contribution in [3.63, 3.8) is 0 Å². The summed E-state index contributed by atoms with van der Waals surface area (Å²) in [5, 5.41) is 4.20. The van der Waals surface area contributed by atoms with E-state index in [1.54, 1.807) is 23.1 Å². The van der Waals surface area contributed by atoms with Crippen LogP contribution in [0.4, 0.5) is 0 Å². The molecule has 2 amide bonds. The predicted octanol–water partition coefficient (Wildman–Crippen LogP) is 6.26. The standard InChI is InChI=1S/C25H32Cl2N2O2S/c1-6-22(24(31)28-25(3,4)5)29(14-18-11-8-7-10-17(18)2)23(30)16-32-15-19-20(26)12-9-13-21(19)27/h7-13,22H,6,14-16H2,1-5H3,(H,28,31)/t22-/m0/s1. The number of hydrogen-bond donors (Lipinski definition) is 1. The number of carbonyl (C=O) groups excluding carboxylic acids is 2. The highest BCUT2D eigenvalue weighted by Crippen LogP contribution is 2.28. The average molecular weight is 496 g/mol. The van der Waals surface area contributed by atoms with Crippen LogP contribution in [0.2, 0.25) is 10.0 Å². The number of carbonyl (C=O) groups is 2. The van der Waals surface area contributed by atoms with Crippen LogP contribution in [0.1, 0.15) is 50.8 Å². The number of amides is 2. The van der Waals surface area contributed by atoms with Gasteiger partial charge in [0.25, 0.3) is 0 Å². The van der Waals surface area contributed by atoms with Gasteiger partial charge in [0.05, 0.1) is 5.75 Å². The molecule has 0 heterocycles. The second kappa shape index (κ2) is 12.0. The van der Waals surface area contributed by atoms with E-state index in [1.807, 2.05) is 58.9 Å². The molecule has 7 heteroatoms. The molecule has 1 N–H and O–H groups in total. The summed E-state index contributed by atoms with van der Waals surface area (Å²) in [5.74, 6) is 0.526. The van der Waals surface area contributed by atoms with E-state index in [9.17, 15) is 9.59 Å². The van der Waals surface area contributed by atoms with E-state index in [0.29, 0.717) is 28.8 Å². The zero-order valence-corrected chi connectivity index (χ0v) is 21.7. The smallest absolute Gasteiger partial charge is 0.243 e. The molecule has 0 bridgehead atoms. The van der Waals surface area contributed by atoms with Gasteiger partial charge in [-0.15, -0.1) is 11.8 Å². The number of thioether (sulfide) groups is 1. The highest BCUT2D eigenvalue weighted by atomic mass is 35.5. The van der Waals surface area contributed by atoms with Gasteiger partial charge in [-0.1, -0.05) is 60.5 Å². The number of benzene rings is 2. The summed E-state index contributed by atoms with van der Waals surface area (Å²) in [7, 11) is 0. The first-order valence-electron chi connectivity index (χ1n) is 10.7. The lowest BCUT2D eigenvalue weighted by atomic mass is 10.0. The van der Waals surface area contributed by atoms with Crippen molar-refractivity contribution in [3.05, 3.63) is 69.2 Å². The summed E-state index contributed by atoms with van der Waals surface area (Å²) < 4.78 is 0. The van der Waals surface area contributed by atoms with Gasteiger partial charge in [-0.2, -0.15) is 0 Å². The first-order valence-corrected chi connectivity index (χ1v) is 12.6. The molecule has 4 nitrogen and oxygen atoms in total. The van der Waals surface area contributed by atoms with Crippen LogP contribution in [0.25, 0.3) is 0 Å². The zero-order chi connectivity index (χ0) is 23.9. The van der Waals surface area contributed by atoms with Crippen molar-refractivity contribution in [1.29, 1.82) is 0 Å². The number of nitrogens with zero attached hydrogens (tertiary/aromatic N) is 1. The van der Waals surface area contributed by atoms with Gasteiger partial charge in [-0.25, -0.2) is 0 Å². The first-order chi connectivity index (χ1) is 15.0. The Kier molecular flexibility index (Phi) is 9.93. The van der Waals surface area contributed by atoms with Crippen LogP contribution in [0, 0.1) is 6.92 Å². The minimum absolute atomic E-state index is 0.0858. The number of aryl methyl sites for hydroxylation is 1. The molecule has 32 heavy (non-hydrogen) atoms. The van der Waals surface area contributed by atoms with Gasteiger partial charge in [-0.3, -0.25) is 9.59 Å². The van der Waals surface area contributed by atoms with Gasteiger partial charge in [-0.05, 0) is 62.9 Å². The fraction of sp³-hybridized carbons (Fsp3) is 0.440. The Morgan fingerprint density at radius 2 is 1.69 bits per heavy atom. The summed E-state index contributed by atoms with van der Waals surface area (Å²) in [5.41, 5.74) is 2.56. The van der Waals surface area contributed by atoms with E-state index in [2.05, 4.69) is 5.32 Å². The number of hydrogen-bond acceptors (Lipinski definition) is 3. The molecule has 0 aliphatic carbocycles. The highest BCUT2D eigenvalue weighted by molar-refractivity contribution is 7.99. The molecule has 2 aromatic carbocycles. The molecule has 2 aromatic rings. The zero-order valence-electron chi connectivity index (χ0n) is 19.4. The van der Waals surface area contributed by atoms with Gasteiger partial charge in [0.15, 0.2) is 0 Å². The van der Waals surface area contributed by atoms with Crippen molar-refractivity contribution in [2.45, 2.75) is 64.9 Å². The first kappa shape index (κ1) is 26.6. The van der Waals surface area contributed by atoms with Gasteiger partial charge >= 0.3 is 0 Å². The third-order valence-electron chi connectivity index (χ3n) is 5.02. The summed E-state index contributed by atoms with van der Waals surface area (Å²) >= 11 is 14.0. The molecule has 1 atom stereocenters. The van der Waals surface area contributed by atoms with Crippen molar-refractivity contribution in [3.8, 4) is 0 Å². The second-order valence-electron chi connectivity index (χ2n) is 8.80. The molecule has 0 saturated heterocycles. The van der Waals surface area contributed by atoms with Crippen molar-refractivity contribution in [2.24, 2.45) is 0 Å². The van der Waals surface area contributed by atoms with E-state index in [0.717, 1.165) is 16.7 Å². The molecule has 0 fully saturated rings. The molecule has 0 unspecified atom stereocenters. The van der Waals surface area contributed by atoms with Gasteiger partial charge in [0.1, 0.15) is 6.04 Å². The van der Waals surface area contributed by atoms with E-state index in [1.165, 1.54) is 11.8 Å². The lowest BCUT2D eigenvalue weighted by Gasteiger charge is -2.33. The molecule has 0 aromatic heterocycles. The Balaban J connectivity index is 2.21. The molecule has 2 rings (SSSR count). The van der Waals surface area contributed by atoms with Crippen LogP contribution >= 0.6 is 35.0 Å². The van der Waals surface area contributed by atoms with Crippen LogP contribution in [-0.2, 0) is 21.9 Å². The van der Waals surface area contributed by atoms with Crippen molar-refractivity contribution in [2.75, 3.05) is 5.75 Å². The van der Waals surface area contributed by atoms with E-state index < -0.39 is 6.04 Å². The SMILES string of the molecule is CC[C@@H](C(=O)NC(C)(C)C)N(Cc1ccccc1C)C(=O)CSCc1c(Cl)cccc1Cl. The highest BCUT2D eigenvalue weighted by Gasteiger charge is 2.30. The summed E-state index contributed by atoms with van der Waals surface area (Å²) in [6.07, 6.45) is 0.528. The molecular formula is C25H32Cl2N2O2S. The maximum atomic E-state index is 13.3. The third-order valence-corrected chi connectivity index (χ3v) is 6.67. The maximum Gasteiger partial charge on any atom is 0.243 e. The number of nitrogens with one attached hydrogen (secondary N) is 1. The van der Waals surface area contributed by atoms with Crippen molar-refractivity contribution < 1.29 is 9.59 Å². The van der Waals surface area contributed by atoms with E-state index in [4.69, 9.17) is 23.2 Å². The molecule has 0 saturated carbocycles. The van der Waals surface area contributed by atoms with Gasteiger partial charge < -0.3 is 10.2 Å². The van der Waals surface area contributed by atoms with Crippen LogP contribution < -0.4 is 5.32 Å². The van der Waals surface area contributed by atoms with Crippen molar-refractivity contribution >= 4 is 46.8 Å². The van der Waals surface area contributed by atoms with Crippen LogP contribution in [0.5, 0.6) is 0 Å². The molecule has 0 radical (unpaired) electrons. The van der Waals surface area contributed by atoms with Crippen LogP contribution in [-0.4, -0.2) is 34.0 Å². The topological polar surface area (TPSA) is 49.4 Å². The van der Waals surface area contributed by atoms with Gasteiger partial charge in [0, 0.05) is 27.9 Å². The normalized spacial score (nSPS) is 12.3. The predicted molar refractivity (Wildman–Crippen MR) is 136 cm³/mol. The largest absolute Gasteiger partial charge is 0.350 e. The fourth-order valence-corrected chi connectivity index (χ4v) is 4.98. The number of halogens is 2. The van der Waals surface area contributed by atoms with E-state index in [-0.39, 0.29) is 23.1 Å². The van der Waals surface area contributed by atoms with Crippen LogP contribution in [0.3, 0.4) is 0 Å². The lowest BCUT2D eigenvalue weighted by molar-refractivity contribution is -0.140. The third kappa shape index (κ3) is 7.72. The fourth-order valence-electron chi connectivity index (χ4n) is 3.34. The number of rotatable bonds is 9. The maximum absolute atomic E-state index is 13.3. The van der Waals surface area contributed by atoms with Gasteiger partial charge in [0.2, 0.25) is 11.8 Å². The minimum Gasteiger partial charge on any atom is -0.350 e. The van der Waals surface area contributed by atoms with E-state index >= 15 is 0 Å². The van der Waals surface area contributed by atoms with Crippen molar-refractivity contribution in [1.82, 2.24) is 10.2 Å². The average Bonchev–Trinajstić information content (AvgIpc) is 2.70. The monoisotopic (exact) mass is 494 g/mol. The quantitative estimate of drug-likeness (QED) is 0.447. The Morgan fingerprint density at radius 1 is 1.06 bits per heavy atom. The molecule has 0 spiro atoms. The summed E-state index contributed by atoms with van der Waals surface area (Å²) in [6, 6.07) is 12.8. The van der Waals surface area contributed by atoms with Crippen LogP contribution in [0.15, 0.2) is 42.5 Å². The molecular weight excluding hydrogens is 463 g/mol. The Bertz CT molecular complexity index is 924. The molecule has 0 aliphatic heterocycles. The minimum atomic E-state index is -0.550. The second-order valence-corrected chi connectivity index (χ2v) is 10.6. The Morgan fingerprint density at radius 3 is 2.25 bits per heavy atom. The Labute approximate surface area is 206 Å². The lowest BCUT2D eigenvalue weighted by Crippen LogP contribution is -2.53. The summed E-state index contributed by atoms with van der Waals surface area (Å²) in [4.78, 5) is 28.1. The Hall–Kier alpha value is -1.69.